The first-order chi connectivity index (χ1) is 6.22. The van der Waals surface area contributed by atoms with E-state index in [2.05, 4.69) is 5.32 Å². The van der Waals surface area contributed by atoms with E-state index in [1.54, 1.807) is 4.90 Å². The van der Waals surface area contributed by atoms with E-state index >= 15 is 0 Å². The summed E-state index contributed by atoms with van der Waals surface area (Å²) in [5, 5.41) is 12.2. The minimum atomic E-state index is -0.734. The average molecular weight is 184 g/mol. The summed E-state index contributed by atoms with van der Waals surface area (Å²) in [6.07, 6.45) is 3.34. The van der Waals surface area contributed by atoms with Gasteiger partial charge in [0.1, 0.15) is 0 Å². The van der Waals surface area contributed by atoms with E-state index in [1.165, 1.54) is 0 Å². The lowest BCUT2D eigenvalue weighted by Crippen LogP contribution is -2.50. The predicted molar refractivity (Wildman–Crippen MR) is 48.8 cm³/mol. The molecule has 2 saturated heterocycles. The van der Waals surface area contributed by atoms with E-state index in [0.29, 0.717) is 6.04 Å². The smallest absolute Gasteiger partial charge is 0.407 e. The van der Waals surface area contributed by atoms with Crippen LogP contribution in [0.5, 0.6) is 0 Å². The predicted octanol–water partition coefficient (Wildman–Crippen LogP) is 0.879. The molecule has 0 aromatic rings. The summed E-state index contributed by atoms with van der Waals surface area (Å²) in [6.45, 7) is 0. The first-order valence-corrected chi connectivity index (χ1v) is 4.91. The normalized spacial score (nSPS) is 37.9. The van der Waals surface area contributed by atoms with Crippen LogP contribution in [0, 0.1) is 0 Å². The topological polar surface area (TPSA) is 52.6 Å². The second-order valence-corrected chi connectivity index (χ2v) is 4.03. The van der Waals surface area contributed by atoms with Gasteiger partial charge >= 0.3 is 6.09 Å². The Hall–Kier alpha value is -0.770. The van der Waals surface area contributed by atoms with E-state index in [0.717, 1.165) is 25.7 Å². The molecule has 4 heteroatoms. The summed E-state index contributed by atoms with van der Waals surface area (Å²) in [5.41, 5.74) is 0. The van der Waals surface area contributed by atoms with Crippen LogP contribution in [-0.2, 0) is 0 Å². The Morgan fingerprint density at radius 3 is 2.31 bits per heavy atom. The number of fused-ring (bicyclic) bond motifs is 2. The SMILES string of the molecule is CNC1CC2CCC(C1)N2C(=O)O. The monoisotopic (exact) mass is 184 g/mol. The second-order valence-electron chi connectivity index (χ2n) is 4.03. The Kier molecular flexibility index (Phi) is 2.15. The molecule has 2 heterocycles. The third kappa shape index (κ3) is 1.39. The van der Waals surface area contributed by atoms with Crippen LogP contribution in [0.2, 0.25) is 0 Å². The Bertz CT molecular complexity index is 206. The molecule has 0 radical (unpaired) electrons. The van der Waals surface area contributed by atoms with E-state index in [4.69, 9.17) is 5.11 Å². The first-order valence-electron chi connectivity index (χ1n) is 4.91. The minimum Gasteiger partial charge on any atom is -0.465 e. The fourth-order valence-electron chi connectivity index (χ4n) is 2.73. The lowest BCUT2D eigenvalue weighted by molar-refractivity contribution is 0.0933. The molecule has 0 spiro atoms. The highest BCUT2D eigenvalue weighted by atomic mass is 16.4. The van der Waals surface area contributed by atoms with Gasteiger partial charge in [-0.25, -0.2) is 4.79 Å². The molecule has 2 rings (SSSR count). The van der Waals surface area contributed by atoms with Crippen LogP contribution < -0.4 is 5.32 Å². The molecule has 2 unspecified atom stereocenters. The molecule has 2 N–H and O–H groups in total. The zero-order valence-electron chi connectivity index (χ0n) is 7.86. The van der Waals surface area contributed by atoms with Crippen LogP contribution in [0.25, 0.3) is 0 Å². The molecule has 4 nitrogen and oxygen atoms in total. The van der Waals surface area contributed by atoms with Crippen molar-refractivity contribution in [2.75, 3.05) is 7.05 Å². The Morgan fingerprint density at radius 2 is 1.92 bits per heavy atom. The van der Waals surface area contributed by atoms with Gasteiger partial charge in [-0.05, 0) is 32.7 Å². The molecule has 2 atom stereocenters. The molecule has 2 aliphatic heterocycles. The van der Waals surface area contributed by atoms with Crippen molar-refractivity contribution in [3.8, 4) is 0 Å². The van der Waals surface area contributed by atoms with Gasteiger partial charge in [-0.3, -0.25) is 0 Å². The van der Waals surface area contributed by atoms with Crippen molar-refractivity contribution >= 4 is 6.09 Å². The van der Waals surface area contributed by atoms with Crippen molar-refractivity contribution in [3.63, 3.8) is 0 Å². The quantitative estimate of drug-likeness (QED) is 0.636. The van der Waals surface area contributed by atoms with Crippen LogP contribution >= 0.6 is 0 Å². The van der Waals surface area contributed by atoms with E-state index in [-0.39, 0.29) is 12.1 Å². The standard InChI is InChI=1S/C9H16N2O2/c1-10-6-4-7-2-3-8(5-6)11(7)9(12)13/h6-8,10H,2-5H2,1H3,(H,12,13). The lowest BCUT2D eigenvalue weighted by atomic mass is 9.98. The van der Waals surface area contributed by atoms with E-state index in [1.807, 2.05) is 7.05 Å². The largest absolute Gasteiger partial charge is 0.465 e. The zero-order chi connectivity index (χ0) is 9.42. The number of amides is 1. The molecular formula is C9H16N2O2. The van der Waals surface area contributed by atoms with Crippen LogP contribution in [0.1, 0.15) is 25.7 Å². The maximum Gasteiger partial charge on any atom is 0.407 e. The molecule has 0 aliphatic carbocycles. The number of carbonyl (C=O) groups is 1. The number of rotatable bonds is 1. The highest BCUT2D eigenvalue weighted by molar-refractivity contribution is 5.66. The molecule has 0 saturated carbocycles. The van der Waals surface area contributed by atoms with Crippen molar-refractivity contribution in [2.45, 2.75) is 43.8 Å². The molecule has 2 aliphatic rings. The van der Waals surface area contributed by atoms with Gasteiger partial charge in [0.15, 0.2) is 0 Å². The molecule has 74 valence electrons. The van der Waals surface area contributed by atoms with E-state index in [9.17, 15) is 4.79 Å². The van der Waals surface area contributed by atoms with Crippen LogP contribution in [0.3, 0.4) is 0 Å². The molecule has 0 aromatic heterocycles. The van der Waals surface area contributed by atoms with Crippen molar-refractivity contribution in [1.29, 1.82) is 0 Å². The van der Waals surface area contributed by atoms with Crippen molar-refractivity contribution in [1.82, 2.24) is 10.2 Å². The van der Waals surface area contributed by atoms with Gasteiger partial charge in [0, 0.05) is 18.1 Å². The Balaban J connectivity index is 2.08. The van der Waals surface area contributed by atoms with Gasteiger partial charge in [-0.2, -0.15) is 0 Å². The number of nitrogens with zero attached hydrogens (tertiary/aromatic N) is 1. The number of nitrogens with one attached hydrogen (secondary N) is 1. The summed E-state index contributed by atoms with van der Waals surface area (Å²) in [7, 11) is 1.96. The summed E-state index contributed by atoms with van der Waals surface area (Å²) in [5.74, 6) is 0. The van der Waals surface area contributed by atoms with Gasteiger partial charge in [0.25, 0.3) is 0 Å². The van der Waals surface area contributed by atoms with Gasteiger partial charge in [0.05, 0.1) is 0 Å². The van der Waals surface area contributed by atoms with Crippen molar-refractivity contribution < 1.29 is 9.90 Å². The third-order valence-electron chi connectivity index (χ3n) is 3.36. The Morgan fingerprint density at radius 1 is 1.38 bits per heavy atom. The molecule has 0 aromatic carbocycles. The van der Waals surface area contributed by atoms with Gasteiger partial charge < -0.3 is 15.3 Å². The third-order valence-corrected chi connectivity index (χ3v) is 3.36. The van der Waals surface area contributed by atoms with Crippen LogP contribution in [0.4, 0.5) is 4.79 Å². The summed E-state index contributed by atoms with van der Waals surface area (Å²) >= 11 is 0. The maximum absolute atomic E-state index is 10.9. The number of hydrogen-bond donors (Lipinski definition) is 2. The first kappa shape index (κ1) is 8.81. The minimum absolute atomic E-state index is 0.272. The van der Waals surface area contributed by atoms with Gasteiger partial charge in [-0.15, -0.1) is 0 Å². The van der Waals surface area contributed by atoms with Gasteiger partial charge in [0.2, 0.25) is 0 Å². The number of piperidine rings is 1. The van der Waals surface area contributed by atoms with Gasteiger partial charge in [-0.1, -0.05) is 0 Å². The van der Waals surface area contributed by atoms with E-state index < -0.39 is 6.09 Å². The molecule has 2 fully saturated rings. The highest BCUT2D eigenvalue weighted by Gasteiger charge is 2.42. The fourth-order valence-corrected chi connectivity index (χ4v) is 2.73. The molecular weight excluding hydrogens is 168 g/mol. The zero-order valence-corrected chi connectivity index (χ0v) is 7.86. The van der Waals surface area contributed by atoms with Crippen molar-refractivity contribution in [3.05, 3.63) is 0 Å². The summed E-state index contributed by atoms with van der Waals surface area (Å²) in [6, 6.07) is 1.07. The highest BCUT2D eigenvalue weighted by Crippen LogP contribution is 2.35. The molecule has 13 heavy (non-hydrogen) atoms. The number of hydrogen-bond acceptors (Lipinski definition) is 2. The molecule has 2 bridgehead atoms. The van der Waals surface area contributed by atoms with Crippen molar-refractivity contribution in [2.24, 2.45) is 0 Å². The lowest BCUT2D eigenvalue weighted by Gasteiger charge is -2.36. The Labute approximate surface area is 77.9 Å². The molecule has 1 amide bonds. The second kappa shape index (κ2) is 3.18. The number of carboxylic acid groups (broad SMARTS) is 1. The fraction of sp³-hybridized carbons (Fsp3) is 0.889. The average Bonchev–Trinajstić information content (AvgIpc) is 2.37. The maximum atomic E-state index is 10.9. The summed E-state index contributed by atoms with van der Waals surface area (Å²) < 4.78 is 0. The van der Waals surface area contributed by atoms with Crippen LogP contribution in [-0.4, -0.2) is 41.3 Å². The van der Waals surface area contributed by atoms with Crippen LogP contribution in [0.15, 0.2) is 0 Å². The summed E-state index contributed by atoms with van der Waals surface area (Å²) in [4.78, 5) is 12.6.